The van der Waals surface area contributed by atoms with Gasteiger partial charge >= 0.3 is 0 Å². The van der Waals surface area contributed by atoms with E-state index in [1.165, 1.54) is 35.0 Å². The molecule has 1 aliphatic carbocycles. The molecule has 1 aromatic carbocycles. The van der Waals surface area contributed by atoms with Gasteiger partial charge in [-0.3, -0.25) is 4.79 Å². The fourth-order valence-electron chi connectivity index (χ4n) is 5.19. The van der Waals surface area contributed by atoms with Crippen molar-refractivity contribution >= 4 is 22.5 Å². The van der Waals surface area contributed by atoms with Crippen LogP contribution in [0.2, 0.25) is 0 Å². The lowest BCUT2D eigenvalue weighted by molar-refractivity contribution is -0.146. The Hall–Kier alpha value is -2.09. The van der Waals surface area contributed by atoms with E-state index < -0.39 is 0 Å². The predicted octanol–water partition coefficient (Wildman–Crippen LogP) is 2.76. The number of morpholine rings is 1. The Labute approximate surface area is 190 Å². The molecule has 1 atom stereocenters. The first-order chi connectivity index (χ1) is 15.8. The lowest BCUT2D eigenvalue weighted by Crippen LogP contribution is -2.49. The Balaban J connectivity index is 1.48. The zero-order valence-corrected chi connectivity index (χ0v) is 19.2. The van der Waals surface area contributed by atoms with E-state index in [0.717, 1.165) is 52.0 Å². The van der Waals surface area contributed by atoms with Crippen molar-refractivity contribution in [3.8, 4) is 0 Å². The van der Waals surface area contributed by atoms with Gasteiger partial charge in [-0.05, 0) is 49.8 Å². The molecule has 7 heteroatoms. The first-order valence-electron chi connectivity index (χ1n) is 12.2. The number of carbonyl (C=O) groups excluding carboxylic acids is 1. The summed E-state index contributed by atoms with van der Waals surface area (Å²) in [6, 6.07) is 7.01. The van der Waals surface area contributed by atoms with E-state index in [9.17, 15) is 4.79 Å². The number of hydrogen-bond acceptors (Lipinski definition) is 5. The maximum atomic E-state index is 13.4. The van der Waals surface area contributed by atoms with Crippen LogP contribution in [0.3, 0.4) is 0 Å². The zero-order chi connectivity index (χ0) is 21.9. The quantitative estimate of drug-likeness (QED) is 0.608. The van der Waals surface area contributed by atoms with Gasteiger partial charge in [-0.1, -0.05) is 6.07 Å². The number of rotatable bonds is 9. The lowest BCUT2D eigenvalue weighted by Gasteiger charge is -2.30. The van der Waals surface area contributed by atoms with Gasteiger partial charge in [0.1, 0.15) is 6.10 Å². The number of anilines is 1. The molecule has 1 N–H and O–H groups in total. The van der Waals surface area contributed by atoms with Gasteiger partial charge in [-0.25, -0.2) is 0 Å². The Morgan fingerprint density at radius 3 is 2.84 bits per heavy atom. The third-order valence-electron chi connectivity index (χ3n) is 6.97. The topological polar surface area (TPSA) is 59.0 Å². The molecule has 1 amide bonds. The van der Waals surface area contributed by atoms with Gasteiger partial charge in [0.2, 0.25) is 0 Å². The van der Waals surface area contributed by atoms with Crippen LogP contribution < -0.4 is 10.2 Å². The van der Waals surface area contributed by atoms with Crippen LogP contribution in [-0.4, -0.2) is 74.0 Å². The van der Waals surface area contributed by atoms with Crippen molar-refractivity contribution in [2.45, 2.75) is 57.3 Å². The summed E-state index contributed by atoms with van der Waals surface area (Å²) in [4.78, 5) is 18.0. The first kappa shape index (κ1) is 21.7. The van der Waals surface area contributed by atoms with Crippen LogP contribution in [0.25, 0.3) is 10.9 Å². The van der Waals surface area contributed by atoms with E-state index in [0.29, 0.717) is 25.7 Å². The molecule has 3 aliphatic rings. The van der Waals surface area contributed by atoms with Crippen LogP contribution in [0.1, 0.15) is 37.7 Å². The van der Waals surface area contributed by atoms with Gasteiger partial charge in [0.05, 0.1) is 12.1 Å². The smallest absolute Gasteiger partial charge is 0.253 e. The third kappa shape index (κ3) is 4.51. The standard InChI is InChI=1S/C25H36N4O3/c1-31-14-5-13-28-17-19(24-21(6-4-7-22(24)28)27-11-2-3-12-27)18-29(20-8-9-20)25(30)23-16-26-10-15-32-23/h4,6-7,17,20,23,26H,2-3,5,8-16,18H2,1H3/t23-/m1/s1. The summed E-state index contributed by atoms with van der Waals surface area (Å²) < 4.78 is 13.5. The van der Waals surface area contributed by atoms with E-state index in [2.05, 4.69) is 44.1 Å². The first-order valence-corrected chi connectivity index (χ1v) is 12.2. The van der Waals surface area contributed by atoms with Crippen molar-refractivity contribution in [1.82, 2.24) is 14.8 Å². The number of hydrogen-bond donors (Lipinski definition) is 1. The molecule has 1 aromatic heterocycles. The molecule has 3 fully saturated rings. The Morgan fingerprint density at radius 1 is 1.28 bits per heavy atom. The van der Waals surface area contributed by atoms with Gasteiger partial charge in [0.15, 0.2) is 0 Å². The van der Waals surface area contributed by atoms with Crippen molar-refractivity contribution in [2.75, 3.05) is 51.4 Å². The highest BCUT2D eigenvalue weighted by Crippen LogP contribution is 2.36. The highest BCUT2D eigenvalue weighted by atomic mass is 16.5. The summed E-state index contributed by atoms with van der Waals surface area (Å²) in [5, 5.41) is 4.62. The molecule has 7 nitrogen and oxygen atoms in total. The van der Waals surface area contributed by atoms with Crippen molar-refractivity contribution in [2.24, 2.45) is 0 Å². The number of carbonyl (C=O) groups is 1. The summed E-state index contributed by atoms with van der Waals surface area (Å²) in [5.41, 5.74) is 3.84. The SMILES string of the molecule is COCCCn1cc(CN(C(=O)[C@H]2CNCCO2)C2CC2)c2c(N3CCCC3)cccc21. The number of fused-ring (bicyclic) bond motifs is 1. The molecule has 2 aliphatic heterocycles. The van der Waals surface area contributed by atoms with E-state index in [-0.39, 0.29) is 12.0 Å². The van der Waals surface area contributed by atoms with E-state index in [4.69, 9.17) is 9.47 Å². The van der Waals surface area contributed by atoms with Crippen molar-refractivity contribution < 1.29 is 14.3 Å². The maximum Gasteiger partial charge on any atom is 0.253 e. The lowest BCUT2D eigenvalue weighted by atomic mass is 10.1. The molecule has 174 valence electrons. The molecule has 0 radical (unpaired) electrons. The normalized spacial score (nSPS) is 21.4. The second kappa shape index (κ2) is 9.81. The molecule has 0 unspecified atom stereocenters. The number of benzene rings is 1. The van der Waals surface area contributed by atoms with Crippen LogP contribution in [0.5, 0.6) is 0 Å². The van der Waals surface area contributed by atoms with Gasteiger partial charge in [-0.15, -0.1) is 0 Å². The highest BCUT2D eigenvalue weighted by molar-refractivity contribution is 5.96. The number of aryl methyl sites for hydroxylation is 1. The van der Waals surface area contributed by atoms with E-state index in [1.807, 2.05) is 0 Å². The second-order valence-electron chi connectivity index (χ2n) is 9.32. The minimum absolute atomic E-state index is 0.138. The van der Waals surface area contributed by atoms with Crippen LogP contribution in [-0.2, 0) is 27.4 Å². The number of aromatic nitrogens is 1. The monoisotopic (exact) mass is 440 g/mol. The number of ether oxygens (including phenoxy) is 2. The number of nitrogens with zero attached hydrogens (tertiary/aromatic N) is 3. The molecule has 0 bridgehead atoms. The summed E-state index contributed by atoms with van der Waals surface area (Å²) in [7, 11) is 1.76. The Kier molecular flexibility index (Phi) is 6.67. The van der Waals surface area contributed by atoms with Crippen molar-refractivity contribution in [3.63, 3.8) is 0 Å². The predicted molar refractivity (Wildman–Crippen MR) is 126 cm³/mol. The van der Waals surface area contributed by atoms with Crippen LogP contribution in [0, 0.1) is 0 Å². The average molecular weight is 441 g/mol. The summed E-state index contributed by atoms with van der Waals surface area (Å²) in [6.45, 7) is 6.58. The number of amides is 1. The van der Waals surface area contributed by atoms with Gasteiger partial charge in [0.25, 0.3) is 5.91 Å². The summed E-state index contributed by atoms with van der Waals surface area (Å²) in [6.07, 6.45) is 7.58. The minimum Gasteiger partial charge on any atom is -0.385 e. The van der Waals surface area contributed by atoms with Crippen molar-refractivity contribution in [1.29, 1.82) is 0 Å². The number of methoxy groups -OCH3 is 1. The molecule has 32 heavy (non-hydrogen) atoms. The largest absolute Gasteiger partial charge is 0.385 e. The summed E-state index contributed by atoms with van der Waals surface area (Å²) in [5.74, 6) is 0.138. The third-order valence-corrected chi connectivity index (χ3v) is 6.97. The Morgan fingerprint density at radius 2 is 2.12 bits per heavy atom. The van der Waals surface area contributed by atoms with E-state index >= 15 is 0 Å². The maximum absolute atomic E-state index is 13.4. The molecule has 3 heterocycles. The van der Waals surface area contributed by atoms with Crippen LogP contribution >= 0.6 is 0 Å². The Bertz CT molecular complexity index is 927. The number of nitrogens with one attached hydrogen (secondary N) is 1. The molecule has 0 spiro atoms. The molecular weight excluding hydrogens is 404 g/mol. The zero-order valence-electron chi connectivity index (χ0n) is 19.2. The van der Waals surface area contributed by atoms with Crippen LogP contribution in [0.4, 0.5) is 5.69 Å². The van der Waals surface area contributed by atoms with Crippen LogP contribution in [0.15, 0.2) is 24.4 Å². The molecule has 2 saturated heterocycles. The summed E-state index contributed by atoms with van der Waals surface area (Å²) >= 11 is 0. The average Bonchev–Trinajstić information content (AvgIpc) is 3.40. The second-order valence-corrected chi connectivity index (χ2v) is 9.32. The molecular formula is C25H36N4O3. The van der Waals surface area contributed by atoms with Gasteiger partial charge in [-0.2, -0.15) is 0 Å². The van der Waals surface area contributed by atoms with E-state index in [1.54, 1.807) is 7.11 Å². The molecule has 1 saturated carbocycles. The van der Waals surface area contributed by atoms with Crippen molar-refractivity contribution in [3.05, 3.63) is 30.0 Å². The van der Waals surface area contributed by atoms with Gasteiger partial charge in [0, 0.05) is 76.3 Å². The van der Waals surface area contributed by atoms with Gasteiger partial charge < -0.3 is 29.2 Å². The fraction of sp³-hybridized carbons (Fsp3) is 0.640. The molecule has 5 rings (SSSR count). The highest BCUT2D eigenvalue weighted by Gasteiger charge is 2.37. The molecule has 2 aromatic rings. The fourth-order valence-corrected chi connectivity index (χ4v) is 5.19. The minimum atomic E-state index is -0.363.